The predicted molar refractivity (Wildman–Crippen MR) is 40.0 cm³/mol. The van der Waals surface area contributed by atoms with Crippen LogP contribution in [0, 0.1) is 5.95 Å². The zero-order valence-electron chi connectivity index (χ0n) is 6.92. The van der Waals surface area contributed by atoms with Crippen molar-refractivity contribution in [1.29, 1.82) is 0 Å². The van der Waals surface area contributed by atoms with E-state index in [1.807, 2.05) is 0 Å². The second-order valence-electron chi connectivity index (χ2n) is 2.75. The van der Waals surface area contributed by atoms with Crippen LogP contribution in [-0.4, -0.2) is 22.4 Å². The molecule has 0 saturated carbocycles. The molecule has 0 fully saturated rings. The van der Waals surface area contributed by atoms with Gasteiger partial charge in [-0.3, -0.25) is 0 Å². The van der Waals surface area contributed by atoms with E-state index >= 15 is 0 Å². The van der Waals surface area contributed by atoms with Gasteiger partial charge in [0.25, 0.3) is 0 Å². The third kappa shape index (κ3) is 2.95. The van der Waals surface area contributed by atoms with Gasteiger partial charge in [-0.25, -0.2) is 4.98 Å². The Morgan fingerprint density at radius 1 is 1.36 bits per heavy atom. The van der Waals surface area contributed by atoms with E-state index in [2.05, 4.69) is 4.98 Å². The number of halogens is 4. The van der Waals surface area contributed by atoms with Gasteiger partial charge in [-0.1, -0.05) is 6.07 Å². The van der Waals surface area contributed by atoms with Crippen molar-refractivity contribution in [2.75, 3.05) is 0 Å². The molecule has 1 aromatic heterocycles. The summed E-state index contributed by atoms with van der Waals surface area (Å²) in [4.78, 5) is 3.17. The molecule has 1 aromatic rings. The van der Waals surface area contributed by atoms with Crippen molar-refractivity contribution < 1.29 is 22.7 Å². The Morgan fingerprint density at radius 3 is 2.43 bits per heavy atom. The lowest BCUT2D eigenvalue weighted by atomic mass is 10.1. The van der Waals surface area contributed by atoms with Gasteiger partial charge in [0.05, 0.1) is 0 Å². The average molecular weight is 209 g/mol. The minimum absolute atomic E-state index is 0.135. The summed E-state index contributed by atoms with van der Waals surface area (Å²) in [6, 6.07) is 2.09. The smallest absolute Gasteiger partial charge is 0.383 e. The van der Waals surface area contributed by atoms with Crippen LogP contribution in [0.3, 0.4) is 0 Å². The molecule has 2 nitrogen and oxygen atoms in total. The molecule has 1 heterocycles. The van der Waals surface area contributed by atoms with E-state index in [1.54, 1.807) is 0 Å². The highest BCUT2D eigenvalue weighted by atomic mass is 19.4. The van der Waals surface area contributed by atoms with Gasteiger partial charge in [0.15, 0.2) is 6.10 Å². The molecule has 0 radical (unpaired) electrons. The first-order chi connectivity index (χ1) is 6.39. The van der Waals surface area contributed by atoms with Crippen LogP contribution in [0.4, 0.5) is 17.6 Å². The molecule has 0 aliphatic heterocycles. The van der Waals surface area contributed by atoms with E-state index in [0.717, 1.165) is 18.3 Å². The number of aromatic nitrogens is 1. The fraction of sp³-hybridized carbons (Fsp3) is 0.375. The molecule has 14 heavy (non-hydrogen) atoms. The first-order valence-corrected chi connectivity index (χ1v) is 3.75. The fourth-order valence-corrected chi connectivity index (χ4v) is 0.866. The normalized spacial score (nSPS) is 14.1. The molecule has 0 amide bonds. The molecule has 1 rings (SSSR count). The largest absolute Gasteiger partial charge is 0.414 e. The van der Waals surface area contributed by atoms with E-state index in [4.69, 9.17) is 5.11 Å². The maximum atomic E-state index is 12.3. The van der Waals surface area contributed by atoms with Crippen molar-refractivity contribution in [3.8, 4) is 0 Å². The third-order valence-electron chi connectivity index (χ3n) is 1.60. The lowest BCUT2D eigenvalue weighted by Gasteiger charge is -2.13. The lowest BCUT2D eigenvalue weighted by molar-refractivity contribution is -0.203. The highest BCUT2D eigenvalue weighted by Gasteiger charge is 2.37. The van der Waals surface area contributed by atoms with Crippen molar-refractivity contribution in [1.82, 2.24) is 4.98 Å². The molecule has 6 heteroatoms. The zero-order chi connectivity index (χ0) is 10.8. The first kappa shape index (κ1) is 10.9. The summed E-state index contributed by atoms with van der Waals surface area (Å²) in [5.41, 5.74) is 0.135. The van der Waals surface area contributed by atoms with Crippen LogP contribution in [0.15, 0.2) is 18.3 Å². The molecule has 0 aliphatic rings. The number of aliphatic hydroxyl groups excluding tert-OH is 1. The number of nitrogens with zero attached hydrogens (tertiary/aromatic N) is 1. The Balaban J connectivity index is 2.65. The topological polar surface area (TPSA) is 33.1 Å². The third-order valence-corrected chi connectivity index (χ3v) is 1.60. The van der Waals surface area contributed by atoms with E-state index in [1.165, 1.54) is 0 Å². The molecule has 1 atom stereocenters. The predicted octanol–water partition coefficient (Wildman–Crippen LogP) is 1.69. The second kappa shape index (κ2) is 3.91. The van der Waals surface area contributed by atoms with E-state index < -0.39 is 24.6 Å². The minimum atomic E-state index is -4.66. The summed E-state index contributed by atoms with van der Waals surface area (Å²) in [6.07, 6.45) is -6.75. The summed E-state index contributed by atoms with van der Waals surface area (Å²) < 4.78 is 47.9. The molecule has 1 N–H and O–H groups in total. The molecule has 0 saturated heterocycles. The maximum Gasteiger partial charge on any atom is 0.414 e. The summed E-state index contributed by atoms with van der Waals surface area (Å²) in [5.74, 6) is -0.768. The van der Waals surface area contributed by atoms with Crippen LogP contribution >= 0.6 is 0 Å². The van der Waals surface area contributed by atoms with Gasteiger partial charge in [0, 0.05) is 12.6 Å². The van der Waals surface area contributed by atoms with Gasteiger partial charge < -0.3 is 5.11 Å². The summed E-state index contributed by atoms with van der Waals surface area (Å²) in [7, 11) is 0. The van der Waals surface area contributed by atoms with Crippen LogP contribution < -0.4 is 0 Å². The van der Waals surface area contributed by atoms with Crippen LogP contribution in [0.2, 0.25) is 0 Å². The SMILES string of the molecule is OC(Cc1ccc(F)nc1)C(F)(F)F. The van der Waals surface area contributed by atoms with Crippen LogP contribution in [0.25, 0.3) is 0 Å². The molecular formula is C8H7F4NO. The Bertz CT molecular complexity index is 295. The Morgan fingerprint density at radius 2 is 2.00 bits per heavy atom. The minimum Gasteiger partial charge on any atom is -0.383 e. The van der Waals surface area contributed by atoms with Gasteiger partial charge in [0.1, 0.15) is 0 Å². The number of pyridine rings is 1. The Kier molecular flexibility index (Phi) is 3.05. The van der Waals surface area contributed by atoms with E-state index in [0.29, 0.717) is 0 Å². The number of rotatable bonds is 2. The number of alkyl halides is 3. The van der Waals surface area contributed by atoms with Gasteiger partial charge >= 0.3 is 6.18 Å². The van der Waals surface area contributed by atoms with Crippen LogP contribution in [0.5, 0.6) is 0 Å². The average Bonchev–Trinajstić information content (AvgIpc) is 2.07. The van der Waals surface area contributed by atoms with Crippen molar-refractivity contribution in [2.24, 2.45) is 0 Å². The van der Waals surface area contributed by atoms with Crippen LogP contribution in [0.1, 0.15) is 5.56 Å². The molecular weight excluding hydrogens is 202 g/mol. The maximum absolute atomic E-state index is 12.3. The molecule has 0 aromatic carbocycles. The number of aliphatic hydroxyl groups is 1. The van der Waals surface area contributed by atoms with Gasteiger partial charge in [-0.05, 0) is 11.6 Å². The summed E-state index contributed by atoms with van der Waals surface area (Å²) in [5, 5.41) is 8.66. The molecule has 78 valence electrons. The summed E-state index contributed by atoms with van der Waals surface area (Å²) >= 11 is 0. The lowest BCUT2D eigenvalue weighted by Crippen LogP contribution is -2.30. The van der Waals surface area contributed by atoms with Gasteiger partial charge in [-0.15, -0.1) is 0 Å². The Hall–Kier alpha value is -1.17. The highest BCUT2D eigenvalue weighted by Crippen LogP contribution is 2.22. The summed E-state index contributed by atoms with van der Waals surface area (Å²) in [6.45, 7) is 0. The molecule has 0 spiro atoms. The van der Waals surface area contributed by atoms with Crippen molar-refractivity contribution in [3.63, 3.8) is 0 Å². The Labute approximate surface area is 77.2 Å². The molecule has 1 unspecified atom stereocenters. The zero-order valence-corrected chi connectivity index (χ0v) is 6.92. The molecule has 0 aliphatic carbocycles. The number of hydrogen-bond acceptors (Lipinski definition) is 2. The van der Waals surface area contributed by atoms with Crippen molar-refractivity contribution in [3.05, 3.63) is 29.8 Å². The van der Waals surface area contributed by atoms with Gasteiger partial charge in [0.2, 0.25) is 5.95 Å². The van der Waals surface area contributed by atoms with Crippen molar-refractivity contribution in [2.45, 2.75) is 18.7 Å². The van der Waals surface area contributed by atoms with Crippen LogP contribution in [-0.2, 0) is 6.42 Å². The highest BCUT2D eigenvalue weighted by molar-refractivity contribution is 5.10. The van der Waals surface area contributed by atoms with E-state index in [-0.39, 0.29) is 5.56 Å². The first-order valence-electron chi connectivity index (χ1n) is 3.75. The monoisotopic (exact) mass is 209 g/mol. The standard InChI is InChI=1S/C8H7F4NO/c9-7-2-1-5(4-13-7)3-6(14)8(10,11)12/h1-2,4,6,14H,3H2. The van der Waals surface area contributed by atoms with E-state index in [9.17, 15) is 17.6 Å². The van der Waals surface area contributed by atoms with Crippen molar-refractivity contribution >= 4 is 0 Å². The van der Waals surface area contributed by atoms with Gasteiger partial charge in [-0.2, -0.15) is 17.6 Å². The number of hydrogen-bond donors (Lipinski definition) is 1. The molecule has 0 bridgehead atoms. The fourth-order valence-electron chi connectivity index (χ4n) is 0.866. The quantitative estimate of drug-likeness (QED) is 0.593. The second-order valence-corrected chi connectivity index (χ2v) is 2.75.